The molecule has 10 heteroatoms. The van der Waals surface area contributed by atoms with Crippen molar-refractivity contribution in [3.05, 3.63) is 23.8 Å². The molecular formula is C11H7BrF6O2S. The Labute approximate surface area is 128 Å². The Kier molecular flexibility index (Phi) is 5.97. The predicted octanol–water partition coefficient (Wildman–Crippen LogP) is 5.16. The number of ketones is 1. The Morgan fingerprint density at radius 2 is 1.81 bits per heavy atom. The summed E-state index contributed by atoms with van der Waals surface area (Å²) in [6.45, 7) is 0. The molecule has 1 rings (SSSR count). The molecular weight excluding hydrogens is 390 g/mol. The monoisotopic (exact) mass is 396 g/mol. The predicted molar refractivity (Wildman–Crippen MR) is 67.8 cm³/mol. The second kappa shape index (κ2) is 6.91. The van der Waals surface area contributed by atoms with Gasteiger partial charge < -0.3 is 4.74 Å². The number of hydrogen-bond acceptors (Lipinski definition) is 3. The molecule has 0 aliphatic rings. The van der Waals surface area contributed by atoms with Crippen molar-refractivity contribution in [2.45, 2.75) is 23.2 Å². The Hall–Kier alpha value is -0.900. The molecule has 0 atom stereocenters. The van der Waals surface area contributed by atoms with Crippen molar-refractivity contribution < 1.29 is 35.9 Å². The maximum absolute atomic E-state index is 12.3. The molecule has 0 saturated carbocycles. The van der Waals surface area contributed by atoms with Crippen molar-refractivity contribution in [1.82, 2.24) is 0 Å². The highest BCUT2D eigenvalue weighted by atomic mass is 79.9. The number of Topliss-reactive ketones (excluding diaryl/α,β-unsaturated/α-hetero) is 1. The van der Waals surface area contributed by atoms with Gasteiger partial charge in [-0.2, -0.15) is 13.2 Å². The Morgan fingerprint density at radius 3 is 2.29 bits per heavy atom. The molecule has 0 bridgehead atoms. The fourth-order valence-corrected chi connectivity index (χ4v) is 2.30. The van der Waals surface area contributed by atoms with Gasteiger partial charge >= 0.3 is 11.9 Å². The van der Waals surface area contributed by atoms with Gasteiger partial charge in [-0.3, -0.25) is 4.79 Å². The molecule has 0 amide bonds. The van der Waals surface area contributed by atoms with Crippen LogP contribution in [0.2, 0.25) is 0 Å². The molecule has 0 aliphatic carbocycles. The third-order valence-corrected chi connectivity index (χ3v) is 3.15. The first-order valence-electron chi connectivity index (χ1n) is 5.26. The fraction of sp³-hybridized carbons (Fsp3) is 0.364. The van der Waals surface area contributed by atoms with Gasteiger partial charge in [-0.15, -0.1) is 13.2 Å². The van der Waals surface area contributed by atoms with Crippen LogP contribution in [0.15, 0.2) is 23.1 Å². The molecule has 0 aliphatic heterocycles. The van der Waals surface area contributed by atoms with Gasteiger partial charge in [-0.1, -0.05) is 15.9 Å². The van der Waals surface area contributed by atoms with Crippen LogP contribution in [0.25, 0.3) is 0 Å². The van der Waals surface area contributed by atoms with E-state index < -0.39 is 45.6 Å². The van der Waals surface area contributed by atoms with Crippen LogP contribution in [0.1, 0.15) is 16.8 Å². The van der Waals surface area contributed by atoms with E-state index in [1.165, 1.54) is 0 Å². The van der Waals surface area contributed by atoms with Crippen molar-refractivity contribution in [2.75, 3.05) is 5.33 Å². The third-order valence-electron chi connectivity index (χ3n) is 2.03. The molecule has 0 radical (unpaired) electrons. The number of carbonyl (C=O) groups excluding carboxylic acids is 1. The summed E-state index contributed by atoms with van der Waals surface area (Å²) in [5, 5.41) is 0.161. The molecule has 2 nitrogen and oxygen atoms in total. The van der Waals surface area contributed by atoms with Gasteiger partial charge in [0, 0.05) is 16.6 Å². The highest BCUT2D eigenvalue weighted by Gasteiger charge is 2.34. The van der Waals surface area contributed by atoms with Crippen LogP contribution in [0.3, 0.4) is 0 Å². The van der Waals surface area contributed by atoms with E-state index in [0.29, 0.717) is 6.07 Å². The van der Waals surface area contributed by atoms with Gasteiger partial charge in [-0.25, -0.2) is 0 Å². The summed E-state index contributed by atoms with van der Waals surface area (Å²) in [5.74, 6) is -1.57. The SMILES string of the molecule is O=C(CCBr)c1cc(SC(F)(F)F)ccc1OC(F)(F)F. The zero-order valence-electron chi connectivity index (χ0n) is 10.0. The summed E-state index contributed by atoms with van der Waals surface area (Å²) in [6, 6.07) is 2.25. The lowest BCUT2D eigenvalue weighted by Crippen LogP contribution is -2.19. The van der Waals surface area contributed by atoms with Crippen LogP contribution in [0.5, 0.6) is 5.75 Å². The molecule has 0 unspecified atom stereocenters. The Bertz CT molecular complexity index is 514. The number of halogens is 7. The van der Waals surface area contributed by atoms with E-state index in [4.69, 9.17) is 0 Å². The maximum atomic E-state index is 12.3. The second-order valence-electron chi connectivity index (χ2n) is 3.62. The van der Waals surface area contributed by atoms with E-state index >= 15 is 0 Å². The normalized spacial score (nSPS) is 12.3. The number of benzene rings is 1. The van der Waals surface area contributed by atoms with Crippen molar-refractivity contribution in [1.29, 1.82) is 0 Å². The molecule has 1 aromatic rings. The minimum absolute atomic E-state index is 0.161. The molecule has 0 saturated heterocycles. The van der Waals surface area contributed by atoms with E-state index in [2.05, 4.69) is 20.7 Å². The summed E-state index contributed by atoms with van der Waals surface area (Å²) >= 11 is 2.41. The number of hydrogen-bond donors (Lipinski definition) is 0. The highest BCUT2D eigenvalue weighted by Crippen LogP contribution is 2.39. The fourth-order valence-electron chi connectivity index (χ4n) is 1.36. The smallest absolute Gasteiger partial charge is 0.405 e. The van der Waals surface area contributed by atoms with Gasteiger partial charge in [0.1, 0.15) is 5.75 Å². The molecule has 0 heterocycles. The van der Waals surface area contributed by atoms with E-state index in [9.17, 15) is 31.1 Å². The number of thioether (sulfide) groups is 1. The average molecular weight is 397 g/mol. The molecule has 1 aromatic carbocycles. The average Bonchev–Trinajstić information content (AvgIpc) is 2.27. The number of carbonyl (C=O) groups is 1. The number of rotatable bonds is 5. The zero-order valence-corrected chi connectivity index (χ0v) is 12.4. The van der Waals surface area contributed by atoms with Gasteiger partial charge in [0.25, 0.3) is 0 Å². The lowest BCUT2D eigenvalue weighted by molar-refractivity contribution is -0.274. The maximum Gasteiger partial charge on any atom is 0.573 e. The summed E-state index contributed by atoms with van der Waals surface area (Å²) in [6.07, 6.45) is -5.21. The minimum atomic E-state index is -5.04. The summed E-state index contributed by atoms with van der Waals surface area (Å²) in [7, 11) is 0. The lowest BCUT2D eigenvalue weighted by Gasteiger charge is -2.14. The topological polar surface area (TPSA) is 26.3 Å². The quantitative estimate of drug-likeness (QED) is 0.297. The first kappa shape index (κ1) is 18.1. The van der Waals surface area contributed by atoms with Gasteiger partial charge in [0.15, 0.2) is 5.78 Å². The van der Waals surface area contributed by atoms with Gasteiger partial charge in [-0.05, 0) is 30.0 Å². The largest absolute Gasteiger partial charge is 0.573 e. The third kappa shape index (κ3) is 6.60. The van der Waals surface area contributed by atoms with Gasteiger partial charge in [0.2, 0.25) is 0 Å². The van der Waals surface area contributed by atoms with Gasteiger partial charge in [0.05, 0.1) is 5.56 Å². The minimum Gasteiger partial charge on any atom is -0.405 e. The van der Waals surface area contributed by atoms with Crippen molar-refractivity contribution in [3.8, 4) is 5.75 Å². The summed E-state index contributed by atoms with van der Waals surface area (Å²) < 4.78 is 77.1. The summed E-state index contributed by atoms with van der Waals surface area (Å²) in [4.78, 5) is 11.3. The Balaban J connectivity index is 3.16. The number of alkyl halides is 7. The highest BCUT2D eigenvalue weighted by molar-refractivity contribution is 9.09. The molecule has 0 fully saturated rings. The van der Waals surface area contributed by atoms with E-state index in [-0.39, 0.29) is 11.8 Å². The molecule has 0 N–H and O–H groups in total. The molecule has 118 valence electrons. The Morgan fingerprint density at radius 1 is 1.19 bits per heavy atom. The molecule has 0 aromatic heterocycles. The van der Waals surface area contributed by atoms with Crippen LogP contribution < -0.4 is 4.74 Å². The lowest BCUT2D eigenvalue weighted by atomic mass is 10.1. The van der Waals surface area contributed by atoms with E-state index in [1.807, 2.05) is 0 Å². The number of ether oxygens (including phenoxy) is 1. The van der Waals surface area contributed by atoms with Crippen LogP contribution >= 0.6 is 27.7 Å². The second-order valence-corrected chi connectivity index (χ2v) is 5.55. The van der Waals surface area contributed by atoms with Crippen molar-refractivity contribution in [2.24, 2.45) is 0 Å². The first-order chi connectivity index (χ1) is 9.52. The van der Waals surface area contributed by atoms with Crippen LogP contribution in [-0.2, 0) is 0 Å². The van der Waals surface area contributed by atoms with Crippen LogP contribution in [0, 0.1) is 0 Å². The van der Waals surface area contributed by atoms with E-state index in [1.54, 1.807) is 0 Å². The van der Waals surface area contributed by atoms with Crippen LogP contribution in [0.4, 0.5) is 26.3 Å². The first-order valence-corrected chi connectivity index (χ1v) is 7.20. The summed E-state index contributed by atoms with van der Waals surface area (Å²) in [5.41, 5.74) is -5.15. The van der Waals surface area contributed by atoms with Crippen molar-refractivity contribution >= 4 is 33.5 Å². The molecule has 21 heavy (non-hydrogen) atoms. The zero-order chi connectivity index (χ0) is 16.3. The van der Waals surface area contributed by atoms with Crippen LogP contribution in [-0.4, -0.2) is 23.0 Å². The molecule has 0 spiro atoms. The standard InChI is InChI=1S/C11H7BrF6O2S/c12-4-3-8(19)7-5-6(21-11(16,17)18)1-2-9(7)20-10(13,14)15/h1-2,5H,3-4H2. The van der Waals surface area contributed by atoms with Crippen molar-refractivity contribution in [3.63, 3.8) is 0 Å². The van der Waals surface area contributed by atoms with E-state index in [0.717, 1.165) is 12.1 Å².